The number of nitrogens with one attached hydrogen (secondary N) is 1. The second-order valence-electron chi connectivity index (χ2n) is 7.65. The molecule has 0 bridgehead atoms. The normalized spacial score (nSPS) is 16.5. The Balaban J connectivity index is 1.38. The van der Waals surface area contributed by atoms with Gasteiger partial charge in [-0.3, -0.25) is 9.69 Å². The number of carbonyl (C=O) groups excluding carboxylic acids is 1. The van der Waals surface area contributed by atoms with Crippen LogP contribution in [-0.4, -0.2) is 48.3 Å². The highest BCUT2D eigenvalue weighted by molar-refractivity contribution is 6.30. The Kier molecular flexibility index (Phi) is 6.92. The third kappa shape index (κ3) is 5.20. The molecule has 168 valence electrons. The Hall–Kier alpha value is -3.10. The van der Waals surface area contributed by atoms with Gasteiger partial charge in [0.25, 0.3) is 0 Å². The summed E-state index contributed by atoms with van der Waals surface area (Å²) < 4.78 is 16.1. The number of ether oxygens (including phenoxy) is 2. The molecule has 0 saturated carbocycles. The molecule has 1 atom stereocenters. The molecular formula is C23H25ClN4O4. The van der Waals surface area contributed by atoms with Crippen LogP contribution in [0.3, 0.4) is 0 Å². The SMILES string of the molecule is COc1ccc(-c2noc(CN3CCCC(C(=O)Nc4ccc(Cl)cc4)C3)n2)cc1OC. The highest BCUT2D eigenvalue weighted by Gasteiger charge is 2.27. The van der Waals surface area contributed by atoms with Crippen molar-refractivity contribution in [2.24, 2.45) is 5.92 Å². The summed E-state index contributed by atoms with van der Waals surface area (Å²) in [5.74, 6) is 2.13. The lowest BCUT2D eigenvalue weighted by Gasteiger charge is -2.30. The number of benzene rings is 2. The molecule has 4 rings (SSSR count). The van der Waals surface area contributed by atoms with E-state index in [1.54, 1.807) is 44.6 Å². The largest absolute Gasteiger partial charge is 0.493 e. The number of anilines is 1. The minimum Gasteiger partial charge on any atom is -0.493 e. The van der Waals surface area contributed by atoms with Gasteiger partial charge in [-0.15, -0.1) is 0 Å². The molecule has 0 spiro atoms. The molecule has 0 radical (unpaired) electrons. The zero-order valence-corrected chi connectivity index (χ0v) is 18.8. The van der Waals surface area contributed by atoms with E-state index in [4.69, 9.17) is 25.6 Å². The van der Waals surface area contributed by atoms with Crippen molar-refractivity contribution in [1.82, 2.24) is 15.0 Å². The summed E-state index contributed by atoms with van der Waals surface area (Å²) >= 11 is 5.91. The lowest BCUT2D eigenvalue weighted by Crippen LogP contribution is -2.40. The van der Waals surface area contributed by atoms with Gasteiger partial charge in [-0.25, -0.2) is 0 Å². The average Bonchev–Trinajstić information content (AvgIpc) is 3.28. The van der Waals surface area contributed by atoms with Gasteiger partial charge in [0.1, 0.15) is 0 Å². The van der Waals surface area contributed by atoms with E-state index in [1.807, 2.05) is 12.1 Å². The highest BCUT2D eigenvalue weighted by atomic mass is 35.5. The second-order valence-corrected chi connectivity index (χ2v) is 8.09. The van der Waals surface area contributed by atoms with Crippen molar-refractivity contribution in [3.63, 3.8) is 0 Å². The van der Waals surface area contributed by atoms with Crippen LogP contribution in [0, 0.1) is 5.92 Å². The van der Waals surface area contributed by atoms with Gasteiger partial charge >= 0.3 is 0 Å². The van der Waals surface area contributed by atoms with Crippen molar-refractivity contribution >= 4 is 23.2 Å². The van der Waals surface area contributed by atoms with Gasteiger partial charge in [0, 0.05) is 22.8 Å². The van der Waals surface area contributed by atoms with E-state index in [-0.39, 0.29) is 11.8 Å². The molecule has 1 amide bonds. The maximum Gasteiger partial charge on any atom is 0.241 e. The van der Waals surface area contributed by atoms with Crippen molar-refractivity contribution in [1.29, 1.82) is 0 Å². The number of methoxy groups -OCH3 is 2. The summed E-state index contributed by atoms with van der Waals surface area (Å²) in [6.07, 6.45) is 1.77. The third-order valence-electron chi connectivity index (χ3n) is 5.46. The Morgan fingerprint density at radius 1 is 1.19 bits per heavy atom. The molecule has 1 aliphatic heterocycles. The van der Waals surface area contributed by atoms with Crippen LogP contribution in [0.25, 0.3) is 11.4 Å². The van der Waals surface area contributed by atoms with Gasteiger partial charge in [0.15, 0.2) is 11.5 Å². The first-order valence-corrected chi connectivity index (χ1v) is 10.8. The predicted octanol–water partition coefficient (Wildman–Crippen LogP) is 4.26. The molecule has 3 aromatic rings. The van der Waals surface area contributed by atoms with Crippen LogP contribution in [0.4, 0.5) is 5.69 Å². The zero-order valence-electron chi connectivity index (χ0n) is 18.0. The molecule has 1 N–H and O–H groups in total. The Morgan fingerprint density at radius 3 is 2.72 bits per heavy atom. The lowest BCUT2D eigenvalue weighted by molar-refractivity contribution is -0.121. The number of nitrogens with zero attached hydrogens (tertiary/aromatic N) is 3. The molecule has 8 nitrogen and oxygen atoms in total. The maximum absolute atomic E-state index is 12.7. The molecular weight excluding hydrogens is 432 g/mol. The van der Waals surface area contributed by atoms with Gasteiger partial charge in [-0.2, -0.15) is 4.98 Å². The first-order chi connectivity index (χ1) is 15.6. The third-order valence-corrected chi connectivity index (χ3v) is 5.71. The van der Waals surface area contributed by atoms with E-state index in [2.05, 4.69) is 20.4 Å². The van der Waals surface area contributed by atoms with Crippen LogP contribution in [0.1, 0.15) is 18.7 Å². The fourth-order valence-electron chi connectivity index (χ4n) is 3.79. The number of hydrogen-bond acceptors (Lipinski definition) is 7. The molecule has 2 heterocycles. The Labute approximate surface area is 191 Å². The number of hydrogen-bond donors (Lipinski definition) is 1. The van der Waals surface area contributed by atoms with E-state index in [0.717, 1.165) is 30.6 Å². The van der Waals surface area contributed by atoms with Crippen LogP contribution >= 0.6 is 11.6 Å². The van der Waals surface area contributed by atoms with Gasteiger partial charge in [0.05, 0.1) is 26.7 Å². The molecule has 9 heteroatoms. The summed E-state index contributed by atoms with van der Waals surface area (Å²) in [5.41, 5.74) is 1.52. The van der Waals surface area contributed by atoms with Crippen LogP contribution in [0.5, 0.6) is 11.5 Å². The second kappa shape index (κ2) is 10.0. The quantitative estimate of drug-likeness (QED) is 0.568. The Morgan fingerprint density at radius 2 is 1.97 bits per heavy atom. The van der Waals surface area contributed by atoms with Crippen LogP contribution < -0.4 is 14.8 Å². The molecule has 1 saturated heterocycles. The van der Waals surface area contributed by atoms with Crippen molar-refractivity contribution in [3.8, 4) is 22.9 Å². The van der Waals surface area contributed by atoms with E-state index in [9.17, 15) is 4.79 Å². The van der Waals surface area contributed by atoms with Crippen LogP contribution in [0.2, 0.25) is 5.02 Å². The summed E-state index contributed by atoms with van der Waals surface area (Å²) in [6.45, 7) is 2.00. The number of amides is 1. The lowest BCUT2D eigenvalue weighted by atomic mass is 9.97. The number of piperidine rings is 1. The first kappa shape index (κ1) is 22.1. The van der Waals surface area contributed by atoms with Crippen LogP contribution in [0.15, 0.2) is 47.0 Å². The number of halogens is 1. The van der Waals surface area contributed by atoms with E-state index in [1.165, 1.54) is 0 Å². The summed E-state index contributed by atoms with van der Waals surface area (Å²) in [7, 11) is 3.17. The highest BCUT2D eigenvalue weighted by Crippen LogP contribution is 2.31. The van der Waals surface area contributed by atoms with Crippen molar-refractivity contribution < 1.29 is 18.8 Å². The standard InChI is InChI=1S/C23H25ClN4O4/c1-30-19-10-5-15(12-20(19)31-2)22-26-21(32-27-22)14-28-11-3-4-16(13-28)23(29)25-18-8-6-17(24)7-9-18/h5-10,12,16H,3-4,11,13-14H2,1-2H3,(H,25,29). The fourth-order valence-corrected chi connectivity index (χ4v) is 3.92. The minimum absolute atomic E-state index is 0.00793. The number of rotatable bonds is 7. The predicted molar refractivity (Wildman–Crippen MR) is 121 cm³/mol. The van der Waals surface area contributed by atoms with Crippen molar-refractivity contribution in [2.45, 2.75) is 19.4 Å². The number of aromatic nitrogens is 2. The summed E-state index contributed by atoms with van der Waals surface area (Å²) in [4.78, 5) is 19.4. The van der Waals surface area contributed by atoms with E-state index >= 15 is 0 Å². The maximum atomic E-state index is 12.7. The monoisotopic (exact) mass is 456 g/mol. The van der Waals surface area contributed by atoms with Gasteiger partial charge in [0.2, 0.25) is 17.6 Å². The zero-order chi connectivity index (χ0) is 22.5. The molecule has 0 aliphatic carbocycles. The molecule has 32 heavy (non-hydrogen) atoms. The average molecular weight is 457 g/mol. The van der Waals surface area contributed by atoms with Gasteiger partial charge < -0.3 is 19.3 Å². The smallest absolute Gasteiger partial charge is 0.241 e. The van der Waals surface area contributed by atoms with Crippen LogP contribution in [-0.2, 0) is 11.3 Å². The summed E-state index contributed by atoms with van der Waals surface area (Å²) in [5, 5.41) is 7.71. The molecule has 1 unspecified atom stereocenters. The van der Waals surface area contributed by atoms with E-state index < -0.39 is 0 Å². The van der Waals surface area contributed by atoms with Gasteiger partial charge in [-0.1, -0.05) is 16.8 Å². The molecule has 1 aliphatic rings. The van der Waals surface area contributed by atoms with Crippen molar-refractivity contribution in [2.75, 3.05) is 32.6 Å². The number of carbonyl (C=O) groups is 1. The first-order valence-electron chi connectivity index (χ1n) is 10.4. The van der Waals surface area contributed by atoms with Gasteiger partial charge in [-0.05, 0) is 61.9 Å². The van der Waals surface area contributed by atoms with Crippen molar-refractivity contribution in [3.05, 3.63) is 53.4 Å². The fraction of sp³-hybridized carbons (Fsp3) is 0.348. The summed E-state index contributed by atoms with van der Waals surface area (Å²) in [6, 6.07) is 12.6. The molecule has 1 fully saturated rings. The Bertz CT molecular complexity index is 1070. The topological polar surface area (TPSA) is 89.7 Å². The number of likely N-dealkylation sites (tertiary alicyclic amines) is 1. The molecule has 2 aromatic carbocycles. The van der Waals surface area contributed by atoms with E-state index in [0.29, 0.717) is 41.3 Å². The molecule has 1 aromatic heterocycles. The minimum atomic E-state index is -0.104.